The third kappa shape index (κ3) is 5.91. The number of alkyl halides is 3. The molecule has 0 atom stereocenters. The first-order valence-electron chi connectivity index (χ1n) is 5.77. The number of hydrogen-bond acceptors (Lipinski definition) is 2. The first-order chi connectivity index (χ1) is 8.26. The summed E-state index contributed by atoms with van der Waals surface area (Å²) in [6, 6.07) is 7.11. The summed E-state index contributed by atoms with van der Waals surface area (Å²) in [5.41, 5.74) is 0.831. The molecule has 0 saturated heterocycles. The van der Waals surface area contributed by atoms with Crippen LogP contribution in [0.2, 0.25) is 0 Å². The summed E-state index contributed by atoms with van der Waals surface area (Å²) in [6.07, 6.45) is -4.07. The molecular weight excluding hydrogens is 243 g/mol. The van der Waals surface area contributed by atoms with Gasteiger partial charge in [0.25, 0.3) is 0 Å². The van der Waals surface area contributed by atoms with E-state index in [9.17, 15) is 13.2 Å². The lowest BCUT2D eigenvalue weighted by Gasteiger charge is -2.18. The van der Waals surface area contributed by atoms with E-state index >= 15 is 0 Å². The molecule has 0 aromatic heterocycles. The van der Waals surface area contributed by atoms with Gasteiger partial charge in [-0.25, -0.2) is 0 Å². The van der Waals surface area contributed by atoms with Gasteiger partial charge in [0.2, 0.25) is 0 Å². The third-order valence-electron chi connectivity index (χ3n) is 2.20. The highest BCUT2D eigenvalue weighted by molar-refractivity contribution is 5.27. The minimum absolute atomic E-state index is 0.0868. The number of benzene rings is 1. The zero-order valence-electron chi connectivity index (χ0n) is 10.8. The third-order valence-corrected chi connectivity index (χ3v) is 2.20. The molecule has 1 aromatic carbocycles. The minimum atomic E-state index is -4.16. The van der Waals surface area contributed by atoms with E-state index in [1.54, 1.807) is 24.3 Å². The number of nitrogens with zero attached hydrogens (tertiary/aromatic N) is 1. The lowest BCUT2D eigenvalue weighted by Crippen LogP contribution is -2.30. The van der Waals surface area contributed by atoms with E-state index < -0.39 is 12.7 Å². The van der Waals surface area contributed by atoms with Crippen LogP contribution in [0, 0.1) is 0 Å². The van der Waals surface area contributed by atoms with Crippen LogP contribution < -0.4 is 4.74 Å². The summed E-state index contributed by atoms with van der Waals surface area (Å²) < 4.78 is 41.9. The van der Waals surface area contributed by atoms with Gasteiger partial charge in [-0.2, -0.15) is 13.2 Å². The summed E-state index contributed by atoms with van der Waals surface area (Å²) in [7, 11) is 1.45. The Morgan fingerprint density at radius 2 is 1.72 bits per heavy atom. The first-order valence-corrected chi connectivity index (χ1v) is 5.77. The van der Waals surface area contributed by atoms with Crippen LogP contribution in [0.5, 0.6) is 5.75 Å². The average Bonchev–Trinajstić information content (AvgIpc) is 2.17. The lowest BCUT2D eigenvalue weighted by atomic mass is 10.2. The van der Waals surface area contributed by atoms with E-state index in [0.717, 1.165) is 11.3 Å². The van der Waals surface area contributed by atoms with Gasteiger partial charge in [0, 0.05) is 6.54 Å². The number of ether oxygens (including phenoxy) is 1. The molecule has 0 bridgehead atoms. The Morgan fingerprint density at radius 1 is 1.17 bits per heavy atom. The largest absolute Gasteiger partial charge is 0.491 e. The number of hydrogen-bond donors (Lipinski definition) is 0. The lowest BCUT2D eigenvalue weighted by molar-refractivity contribution is -0.144. The normalized spacial score (nSPS) is 12.2. The molecular formula is C13H18F3NO. The molecule has 5 heteroatoms. The Labute approximate surface area is 105 Å². The van der Waals surface area contributed by atoms with Gasteiger partial charge in [-0.05, 0) is 38.6 Å². The maximum absolute atomic E-state index is 12.2. The summed E-state index contributed by atoms with van der Waals surface area (Å²) >= 11 is 0. The quantitative estimate of drug-likeness (QED) is 0.804. The summed E-state index contributed by atoms with van der Waals surface area (Å²) in [5, 5.41) is 0. The molecule has 0 aliphatic heterocycles. The molecule has 102 valence electrons. The number of halogens is 3. The smallest absolute Gasteiger partial charge is 0.401 e. The second-order valence-corrected chi connectivity index (χ2v) is 4.60. The van der Waals surface area contributed by atoms with Gasteiger partial charge in [-0.3, -0.25) is 4.90 Å². The highest BCUT2D eigenvalue weighted by atomic mass is 19.4. The predicted octanol–water partition coefficient (Wildman–Crippen LogP) is 3.47. The van der Waals surface area contributed by atoms with E-state index in [2.05, 4.69) is 0 Å². The van der Waals surface area contributed by atoms with E-state index in [0.29, 0.717) is 0 Å². The van der Waals surface area contributed by atoms with Crippen molar-refractivity contribution in [1.29, 1.82) is 0 Å². The fourth-order valence-corrected chi connectivity index (χ4v) is 1.62. The van der Waals surface area contributed by atoms with Crippen LogP contribution in [0.15, 0.2) is 24.3 Å². The topological polar surface area (TPSA) is 12.5 Å². The van der Waals surface area contributed by atoms with Crippen LogP contribution in [0.1, 0.15) is 19.4 Å². The molecule has 0 fully saturated rings. The second-order valence-electron chi connectivity index (χ2n) is 4.60. The van der Waals surface area contributed by atoms with Gasteiger partial charge in [-0.15, -0.1) is 0 Å². The van der Waals surface area contributed by atoms with Crippen LogP contribution in [-0.2, 0) is 6.54 Å². The first kappa shape index (κ1) is 14.8. The maximum Gasteiger partial charge on any atom is 0.401 e. The molecule has 0 spiro atoms. The molecule has 1 aromatic rings. The molecule has 0 heterocycles. The minimum Gasteiger partial charge on any atom is -0.491 e. The van der Waals surface area contributed by atoms with Crippen LogP contribution in [0.4, 0.5) is 13.2 Å². The predicted molar refractivity (Wildman–Crippen MR) is 64.6 cm³/mol. The standard InChI is InChI=1S/C13H18F3NO/c1-10(2)18-12-6-4-11(5-7-12)8-17(3)9-13(14,15)16/h4-7,10H,8-9H2,1-3H3. The van der Waals surface area contributed by atoms with Crippen molar-refractivity contribution in [3.63, 3.8) is 0 Å². The zero-order valence-corrected chi connectivity index (χ0v) is 10.8. The van der Waals surface area contributed by atoms with E-state index in [1.165, 1.54) is 11.9 Å². The summed E-state index contributed by atoms with van der Waals surface area (Å²) in [5.74, 6) is 0.729. The van der Waals surface area contributed by atoms with E-state index in [-0.39, 0.29) is 12.6 Å². The van der Waals surface area contributed by atoms with Gasteiger partial charge in [0.05, 0.1) is 12.6 Å². The Morgan fingerprint density at radius 3 is 2.17 bits per heavy atom. The second kappa shape index (κ2) is 6.09. The highest BCUT2D eigenvalue weighted by Gasteiger charge is 2.28. The van der Waals surface area contributed by atoms with Gasteiger partial charge in [0.15, 0.2) is 0 Å². The molecule has 0 amide bonds. The monoisotopic (exact) mass is 261 g/mol. The highest BCUT2D eigenvalue weighted by Crippen LogP contribution is 2.18. The van der Waals surface area contributed by atoms with Crippen molar-refractivity contribution < 1.29 is 17.9 Å². The van der Waals surface area contributed by atoms with Crippen LogP contribution in [-0.4, -0.2) is 30.8 Å². The molecule has 0 N–H and O–H groups in total. The van der Waals surface area contributed by atoms with Crippen LogP contribution in [0.3, 0.4) is 0 Å². The average molecular weight is 261 g/mol. The fourth-order valence-electron chi connectivity index (χ4n) is 1.62. The van der Waals surface area contributed by atoms with Gasteiger partial charge in [-0.1, -0.05) is 12.1 Å². The van der Waals surface area contributed by atoms with Gasteiger partial charge >= 0.3 is 6.18 Å². The SMILES string of the molecule is CC(C)Oc1ccc(CN(C)CC(F)(F)F)cc1. The maximum atomic E-state index is 12.2. The Balaban J connectivity index is 2.53. The van der Waals surface area contributed by atoms with Crippen molar-refractivity contribution in [2.24, 2.45) is 0 Å². The van der Waals surface area contributed by atoms with Gasteiger partial charge < -0.3 is 4.74 Å². The van der Waals surface area contributed by atoms with E-state index in [1.807, 2.05) is 13.8 Å². The molecule has 0 aliphatic rings. The van der Waals surface area contributed by atoms with Crippen molar-refractivity contribution in [3.8, 4) is 5.75 Å². The van der Waals surface area contributed by atoms with Crippen LogP contribution >= 0.6 is 0 Å². The summed E-state index contributed by atoms with van der Waals surface area (Å²) in [6.45, 7) is 3.20. The molecule has 2 nitrogen and oxygen atoms in total. The van der Waals surface area contributed by atoms with Crippen molar-refractivity contribution >= 4 is 0 Å². The zero-order chi connectivity index (χ0) is 13.8. The molecule has 18 heavy (non-hydrogen) atoms. The fraction of sp³-hybridized carbons (Fsp3) is 0.538. The molecule has 0 aliphatic carbocycles. The molecule has 1 rings (SSSR count). The Hall–Kier alpha value is -1.23. The van der Waals surface area contributed by atoms with Gasteiger partial charge in [0.1, 0.15) is 5.75 Å². The van der Waals surface area contributed by atoms with Crippen molar-refractivity contribution in [3.05, 3.63) is 29.8 Å². The Kier molecular flexibility index (Phi) is 5.02. The van der Waals surface area contributed by atoms with Crippen molar-refractivity contribution in [1.82, 2.24) is 4.90 Å². The molecule has 0 unspecified atom stereocenters. The Bertz CT molecular complexity index is 359. The van der Waals surface area contributed by atoms with Crippen LogP contribution in [0.25, 0.3) is 0 Å². The molecule has 0 saturated carbocycles. The number of rotatable bonds is 5. The summed E-state index contributed by atoms with van der Waals surface area (Å²) in [4.78, 5) is 1.23. The van der Waals surface area contributed by atoms with Crippen molar-refractivity contribution in [2.45, 2.75) is 32.7 Å². The van der Waals surface area contributed by atoms with Crippen molar-refractivity contribution in [2.75, 3.05) is 13.6 Å². The molecule has 0 radical (unpaired) electrons. The van der Waals surface area contributed by atoms with E-state index in [4.69, 9.17) is 4.74 Å².